The molecule has 14 heteroatoms. The third kappa shape index (κ3) is 19.6. The Hall–Kier alpha value is -1.48. The minimum absolute atomic E-state index is 0.256. The lowest BCUT2D eigenvalue weighted by molar-refractivity contribution is -0.220. The van der Waals surface area contributed by atoms with Gasteiger partial charge < -0.3 is 46.0 Å². The summed E-state index contributed by atoms with van der Waals surface area (Å²) in [4.78, 5) is 23.1. The van der Waals surface area contributed by atoms with Gasteiger partial charge in [0.2, 0.25) is 5.91 Å². The van der Waals surface area contributed by atoms with Crippen molar-refractivity contribution in [3.63, 3.8) is 0 Å². The standard InChI is InChI=1S/C35H64NO12P/c1-3-5-7-9-11-13-15-17-19-21-23-28(38)27(36-29(39)24-26(37)22-20-18-16-14-12-10-8-6-4-2)25-47-49(45,46)48-35-33(43)31(41)30(40)32(42)34(35)44/h5,7,13,15,21,23,26-28,30-35,37-38,40-44H,3-4,6,8-12,14,16-20,22,24-25H2,1-2H3,(H,36,39)(H,45,46)/b7-5+,15-13+,23-21+. The van der Waals surface area contributed by atoms with Crippen LogP contribution < -0.4 is 5.32 Å². The second-order valence-electron chi connectivity index (χ2n) is 12.9. The van der Waals surface area contributed by atoms with Gasteiger partial charge in [0.1, 0.15) is 36.6 Å². The number of aliphatic hydroxyl groups is 7. The maximum Gasteiger partial charge on any atom is 0.472 e. The van der Waals surface area contributed by atoms with Gasteiger partial charge in [-0.2, -0.15) is 0 Å². The Labute approximate surface area is 292 Å². The molecule has 8 unspecified atom stereocenters. The highest BCUT2D eigenvalue weighted by Gasteiger charge is 2.51. The van der Waals surface area contributed by atoms with Crippen LogP contribution in [-0.2, 0) is 18.4 Å². The van der Waals surface area contributed by atoms with Gasteiger partial charge in [0, 0.05) is 0 Å². The largest absolute Gasteiger partial charge is 0.472 e. The van der Waals surface area contributed by atoms with E-state index in [2.05, 4.69) is 37.4 Å². The molecule has 49 heavy (non-hydrogen) atoms. The number of nitrogens with one attached hydrogen (secondary N) is 1. The number of carbonyl (C=O) groups excluding carboxylic acids is 1. The van der Waals surface area contributed by atoms with Crippen molar-refractivity contribution in [3.05, 3.63) is 36.5 Å². The van der Waals surface area contributed by atoms with Crippen molar-refractivity contribution < 1.29 is 59.0 Å². The average Bonchev–Trinajstić information content (AvgIpc) is 3.06. The number of hydrogen-bond donors (Lipinski definition) is 9. The molecule has 0 saturated heterocycles. The molecule has 0 aromatic rings. The minimum atomic E-state index is -5.13. The summed E-state index contributed by atoms with van der Waals surface area (Å²) in [6.45, 7) is 3.51. The number of carbonyl (C=O) groups is 1. The van der Waals surface area contributed by atoms with Crippen LogP contribution in [0.15, 0.2) is 36.5 Å². The van der Waals surface area contributed by atoms with Gasteiger partial charge in [-0.15, -0.1) is 0 Å². The lowest BCUT2D eigenvalue weighted by Crippen LogP contribution is -2.64. The molecule has 0 spiro atoms. The van der Waals surface area contributed by atoms with E-state index in [-0.39, 0.29) is 6.42 Å². The number of unbranched alkanes of at least 4 members (excludes halogenated alkanes) is 10. The van der Waals surface area contributed by atoms with Crippen LogP contribution in [0.1, 0.15) is 117 Å². The highest BCUT2D eigenvalue weighted by Crippen LogP contribution is 2.47. The number of rotatable bonds is 27. The number of amides is 1. The lowest BCUT2D eigenvalue weighted by Gasteiger charge is -2.41. The molecule has 1 aliphatic rings. The van der Waals surface area contributed by atoms with Crippen LogP contribution in [0, 0.1) is 0 Å². The Balaban J connectivity index is 2.74. The molecule has 1 fully saturated rings. The van der Waals surface area contributed by atoms with Crippen LogP contribution in [-0.4, -0.2) is 108 Å². The Morgan fingerprint density at radius 3 is 1.78 bits per heavy atom. The van der Waals surface area contributed by atoms with Crippen molar-refractivity contribution >= 4 is 13.7 Å². The first-order valence-electron chi connectivity index (χ1n) is 18.0. The minimum Gasteiger partial charge on any atom is -0.393 e. The number of hydrogen-bond acceptors (Lipinski definition) is 11. The van der Waals surface area contributed by atoms with Crippen LogP contribution in [0.4, 0.5) is 0 Å². The summed E-state index contributed by atoms with van der Waals surface area (Å²) >= 11 is 0. The van der Waals surface area contributed by atoms with Gasteiger partial charge in [-0.05, 0) is 38.5 Å². The molecule has 9 N–H and O–H groups in total. The van der Waals surface area contributed by atoms with E-state index in [4.69, 9.17) is 9.05 Å². The molecule has 13 nitrogen and oxygen atoms in total. The van der Waals surface area contributed by atoms with Crippen LogP contribution >= 0.6 is 7.82 Å². The smallest absolute Gasteiger partial charge is 0.393 e. The molecule has 0 aromatic heterocycles. The molecule has 8 atom stereocenters. The van der Waals surface area contributed by atoms with Crippen molar-refractivity contribution in [3.8, 4) is 0 Å². The first kappa shape index (κ1) is 45.5. The maximum atomic E-state index is 12.8. The number of phosphoric acid groups is 1. The quantitative estimate of drug-likeness (QED) is 0.0338. The molecule has 0 aromatic carbocycles. The molecule has 0 heterocycles. The van der Waals surface area contributed by atoms with Crippen LogP contribution in [0.2, 0.25) is 0 Å². The molecule has 1 amide bonds. The first-order valence-corrected chi connectivity index (χ1v) is 19.5. The van der Waals surface area contributed by atoms with Crippen molar-refractivity contribution in [2.24, 2.45) is 0 Å². The normalized spacial score (nSPS) is 26.3. The fourth-order valence-electron chi connectivity index (χ4n) is 5.45. The second kappa shape index (κ2) is 26.3. The second-order valence-corrected chi connectivity index (χ2v) is 14.3. The lowest BCUT2D eigenvalue weighted by atomic mass is 9.85. The van der Waals surface area contributed by atoms with Crippen molar-refractivity contribution in [2.45, 2.75) is 171 Å². The van der Waals surface area contributed by atoms with E-state index in [0.29, 0.717) is 19.3 Å². The predicted octanol–water partition coefficient (Wildman–Crippen LogP) is 3.46. The Morgan fingerprint density at radius 1 is 0.735 bits per heavy atom. The van der Waals surface area contributed by atoms with Gasteiger partial charge in [0.15, 0.2) is 0 Å². The van der Waals surface area contributed by atoms with Gasteiger partial charge >= 0.3 is 7.82 Å². The molecular weight excluding hydrogens is 657 g/mol. The van der Waals surface area contributed by atoms with Crippen molar-refractivity contribution in [1.29, 1.82) is 0 Å². The Kier molecular flexibility index (Phi) is 24.5. The molecule has 1 rings (SSSR count). The van der Waals surface area contributed by atoms with Gasteiger partial charge in [-0.1, -0.05) is 108 Å². The zero-order valence-corrected chi connectivity index (χ0v) is 30.2. The fourth-order valence-corrected chi connectivity index (χ4v) is 6.42. The topological polar surface area (TPSA) is 226 Å². The van der Waals surface area contributed by atoms with E-state index in [0.717, 1.165) is 44.9 Å². The van der Waals surface area contributed by atoms with Crippen molar-refractivity contribution in [1.82, 2.24) is 5.32 Å². The number of phosphoric ester groups is 1. The molecule has 286 valence electrons. The summed E-state index contributed by atoms with van der Waals surface area (Å²) in [7, 11) is -5.13. The molecule has 1 aliphatic carbocycles. The maximum absolute atomic E-state index is 12.8. The zero-order valence-electron chi connectivity index (χ0n) is 29.3. The Bertz CT molecular complexity index is 995. The van der Waals surface area contributed by atoms with E-state index < -0.39 is 75.2 Å². The van der Waals surface area contributed by atoms with Gasteiger partial charge in [0.25, 0.3) is 0 Å². The average molecular weight is 722 g/mol. The summed E-state index contributed by atoms with van der Waals surface area (Å²) in [6.07, 6.45) is 11.5. The highest BCUT2D eigenvalue weighted by molar-refractivity contribution is 7.47. The molecule has 0 bridgehead atoms. The summed E-state index contributed by atoms with van der Waals surface area (Å²) in [5.41, 5.74) is 0. The highest BCUT2D eigenvalue weighted by atomic mass is 31.2. The van der Waals surface area contributed by atoms with Crippen LogP contribution in [0.5, 0.6) is 0 Å². The summed E-state index contributed by atoms with van der Waals surface area (Å²) < 4.78 is 22.6. The predicted molar refractivity (Wildman–Crippen MR) is 187 cm³/mol. The number of aliphatic hydroxyl groups excluding tert-OH is 7. The van der Waals surface area contributed by atoms with Gasteiger partial charge in [-0.3, -0.25) is 13.8 Å². The van der Waals surface area contributed by atoms with Crippen LogP contribution in [0.3, 0.4) is 0 Å². The van der Waals surface area contributed by atoms with E-state index in [9.17, 15) is 50.0 Å². The monoisotopic (exact) mass is 721 g/mol. The van der Waals surface area contributed by atoms with Crippen molar-refractivity contribution in [2.75, 3.05) is 6.61 Å². The Morgan fingerprint density at radius 2 is 1.22 bits per heavy atom. The molecule has 1 saturated carbocycles. The first-order chi connectivity index (χ1) is 23.3. The zero-order chi connectivity index (χ0) is 36.7. The third-order valence-electron chi connectivity index (χ3n) is 8.47. The SMILES string of the molecule is CC/C=C/CC/C=C/CC/C=C/C(O)C(COP(=O)(O)OC1C(O)C(O)C(O)C(O)C1O)NC(=O)CC(O)CCCCCCCCCCC. The van der Waals surface area contributed by atoms with E-state index in [1.807, 2.05) is 6.08 Å². The summed E-state index contributed by atoms with van der Waals surface area (Å²) in [5, 5.41) is 73.7. The van der Waals surface area contributed by atoms with E-state index in [1.165, 1.54) is 38.2 Å². The summed E-state index contributed by atoms with van der Waals surface area (Å²) in [5.74, 6) is -0.614. The van der Waals surface area contributed by atoms with Crippen LogP contribution in [0.25, 0.3) is 0 Å². The molecular formula is C35H64NO12P. The van der Waals surface area contributed by atoms with E-state index in [1.54, 1.807) is 6.08 Å². The van der Waals surface area contributed by atoms with Gasteiger partial charge in [-0.25, -0.2) is 4.57 Å². The fraction of sp³-hybridized carbons (Fsp3) is 0.800. The molecule has 0 radical (unpaired) electrons. The summed E-state index contributed by atoms with van der Waals surface area (Å²) in [6, 6.07) is -1.26. The number of allylic oxidation sites excluding steroid dienone is 5. The third-order valence-corrected chi connectivity index (χ3v) is 9.45. The van der Waals surface area contributed by atoms with Gasteiger partial charge in [0.05, 0.1) is 31.3 Å². The molecule has 0 aliphatic heterocycles. The van der Waals surface area contributed by atoms with E-state index >= 15 is 0 Å².